The van der Waals surface area contributed by atoms with Gasteiger partial charge in [0.2, 0.25) is 0 Å². The number of methoxy groups -OCH3 is 2. The van der Waals surface area contributed by atoms with Crippen molar-refractivity contribution in [1.29, 1.82) is 0 Å². The van der Waals surface area contributed by atoms with E-state index in [1.165, 1.54) is 6.26 Å². The van der Waals surface area contributed by atoms with Gasteiger partial charge in [-0.2, -0.15) is 0 Å². The smallest absolute Gasteiger partial charge is 0.174 e. The lowest BCUT2D eigenvalue weighted by atomic mass is 10.1. The second kappa shape index (κ2) is 4.14. The van der Waals surface area contributed by atoms with Crippen molar-refractivity contribution in [1.82, 2.24) is 5.16 Å². The van der Waals surface area contributed by atoms with Crippen molar-refractivity contribution in [3.05, 3.63) is 24.5 Å². The first-order valence-corrected chi connectivity index (χ1v) is 4.68. The van der Waals surface area contributed by atoms with Crippen LogP contribution in [0.25, 0.3) is 11.1 Å². The van der Waals surface area contributed by atoms with E-state index >= 15 is 0 Å². The Bertz CT molecular complexity index is 494. The van der Waals surface area contributed by atoms with E-state index in [2.05, 4.69) is 5.16 Å². The first-order valence-electron chi connectivity index (χ1n) is 4.68. The molecule has 0 spiro atoms. The molecule has 0 saturated carbocycles. The van der Waals surface area contributed by atoms with E-state index in [1.54, 1.807) is 20.3 Å². The molecule has 1 aromatic carbocycles. The van der Waals surface area contributed by atoms with Gasteiger partial charge in [0.05, 0.1) is 19.8 Å². The summed E-state index contributed by atoms with van der Waals surface area (Å²) in [5.41, 5.74) is 7.27. The highest BCUT2D eigenvalue weighted by atomic mass is 16.5. The first-order chi connectivity index (χ1) is 7.76. The Kier molecular flexibility index (Phi) is 2.68. The molecule has 0 aliphatic heterocycles. The minimum Gasteiger partial charge on any atom is -0.493 e. The summed E-state index contributed by atoms with van der Waals surface area (Å²) in [6.45, 7) is 0. The Balaban J connectivity index is 2.48. The molecule has 0 atom stereocenters. The number of nitrogen functional groups attached to an aromatic ring is 1. The molecule has 0 aliphatic rings. The summed E-state index contributed by atoms with van der Waals surface area (Å²) >= 11 is 0. The predicted molar refractivity (Wildman–Crippen MR) is 59.5 cm³/mol. The Morgan fingerprint density at radius 2 is 1.94 bits per heavy atom. The third-order valence-electron chi connectivity index (χ3n) is 2.29. The van der Waals surface area contributed by atoms with Crippen LogP contribution in [-0.4, -0.2) is 19.4 Å². The molecule has 1 aromatic heterocycles. The van der Waals surface area contributed by atoms with Gasteiger partial charge in [0, 0.05) is 0 Å². The molecule has 5 nitrogen and oxygen atoms in total. The topological polar surface area (TPSA) is 70.5 Å². The molecule has 1 heterocycles. The molecule has 2 aromatic rings. The van der Waals surface area contributed by atoms with Gasteiger partial charge in [0.1, 0.15) is 6.26 Å². The Hall–Kier alpha value is -2.17. The zero-order valence-electron chi connectivity index (χ0n) is 9.06. The average Bonchev–Trinajstić information content (AvgIpc) is 2.74. The number of anilines is 1. The highest BCUT2D eigenvalue weighted by Gasteiger charge is 2.10. The van der Waals surface area contributed by atoms with Crippen LogP contribution in [0.3, 0.4) is 0 Å². The van der Waals surface area contributed by atoms with Crippen LogP contribution in [0, 0.1) is 0 Å². The standard InChI is InChI=1S/C11H12N2O3/c1-14-9-4-3-7(5-10(9)15-2)8-6-16-13-11(8)12/h3-6H,1-2H3,(H2,12,13). The zero-order valence-corrected chi connectivity index (χ0v) is 9.06. The van der Waals surface area contributed by atoms with Crippen LogP contribution in [0.5, 0.6) is 11.5 Å². The number of nitrogens with two attached hydrogens (primary N) is 1. The maximum Gasteiger partial charge on any atom is 0.174 e. The summed E-state index contributed by atoms with van der Waals surface area (Å²) in [7, 11) is 3.17. The lowest BCUT2D eigenvalue weighted by molar-refractivity contribution is 0.355. The van der Waals surface area contributed by atoms with Crippen LogP contribution in [0.4, 0.5) is 5.82 Å². The zero-order chi connectivity index (χ0) is 11.5. The Morgan fingerprint density at radius 1 is 1.19 bits per heavy atom. The minimum absolute atomic E-state index is 0.354. The fraction of sp³-hybridized carbons (Fsp3) is 0.182. The fourth-order valence-corrected chi connectivity index (χ4v) is 1.47. The van der Waals surface area contributed by atoms with Gasteiger partial charge >= 0.3 is 0 Å². The molecule has 0 aliphatic carbocycles. The summed E-state index contributed by atoms with van der Waals surface area (Å²) in [5.74, 6) is 1.66. The van der Waals surface area contributed by atoms with E-state index in [4.69, 9.17) is 19.7 Å². The Labute approximate surface area is 92.8 Å². The number of ether oxygens (including phenoxy) is 2. The second-order valence-corrected chi connectivity index (χ2v) is 3.18. The molecule has 84 valence electrons. The highest BCUT2D eigenvalue weighted by Crippen LogP contribution is 2.33. The third-order valence-corrected chi connectivity index (χ3v) is 2.29. The summed E-state index contributed by atoms with van der Waals surface area (Å²) in [5, 5.41) is 3.62. The summed E-state index contributed by atoms with van der Waals surface area (Å²) < 4.78 is 15.1. The molecular weight excluding hydrogens is 208 g/mol. The normalized spacial score (nSPS) is 10.1. The number of hydrogen-bond donors (Lipinski definition) is 1. The van der Waals surface area contributed by atoms with Crippen LogP contribution in [0.2, 0.25) is 0 Å². The number of benzene rings is 1. The summed E-state index contributed by atoms with van der Waals surface area (Å²) in [6, 6.07) is 5.49. The first kappa shape index (κ1) is 10.4. The van der Waals surface area contributed by atoms with Crippen LogP contribution in [0.15, 0.2) is 29.0 Å². The average molecular weight is 220 g/mol. The van der Waals surface area contributed by atoms with Gasteiger partial charge in [-0.3, -0.25) is 0 Å². The van der Waals surface area contributed by atoms with Gasteiger partial charge in [0.15, 0.2) is 17.3 Å². The highest BCUT2D eigenvalue weighted by molar-refractivity contribution is 5.74. The van der Waals surface area contributed by atoms with Crippen LogP contribution >= 0.6 is 0 Å². The van der Waals surface area contributed by atoms with Gasteiger partial charge in [-0.25, -0.2) is 0 Å². The molecule has 5 heteroatoms. The van der Waals surface area contributed by atoms with Crippen molar-refractivity contribution < 1.29 is 14.0 Å². The molecule has 0 saturated heterocycles. The lowest BCUT2D eigenvalue weighted by Gasteiger charge is -2.08. The minimum atomic E-state index is 0.354. The van der Waals surface area contributed by atoms with Gasteiger partial charge in [-0.05, 0) is 17.7 Å². The molecule has 0 radical (unpaired) electrons. The van der Waals surface area contributed by atoms with Crippen LogP contribution in [0.1, 0.15) is 0 Å². The monoisotopic (exact) mass is 220 g/mol. The van der Waals surface area contributed by atoms with Crippen molar-refractivity contribution in [3.63, 3.8) is 0 Å². The number of hydrogen-bond acceptors (Lipinski definition) is 5. The van der Waals surface area contributed by atoms with E-state index in [0.717, 1.165) is 11.1 Å². The van der Waals surface area contributed by atoms with E-state index < -0.39 is 0 Å². The van der Waals surface area contributed by atoms with E-state index in [0.29, 0.717) is 17.3 Å². The maximum absolute atomic E-state index is 5.66. The van der Waals surface area contributed by atoms with Gasteiger partial charge in [-0.15, -0.1) is 0 Å². The molecule has 0 fully saturated rings. The lowest BCUT2D eigenvalue weighted by Crippen LogP contribution is -1.92. The summed E-state index contributed by atoms with van der Waals surface area (Å²) in [4.78, 5) is 0. The van der Waals surface area contributed by atoms with Crippen molar-refractivity contribution in [2.45, 2.75) is 0 Å². The van der Waals surface area contributed by atoms with Crippen molar-refractivity contribution in [2.75, 3.05) is 20.0 Å². The SMILES string of the molecule is COc1ccc(-c2conc2N)cc1OC. The second-order valence-electron chi connectivity index (χ2n) is 3.18. The molecule has 0 unspecified atom stereocenters. The molecule has 0 bridgehead atoms. The largest absolute Gasteiger partial charge is 0.493 e. The number of nitrogens with zero attached hydrogens (tertiary/aromatic N) is 1. The van der Waals surface area contributed by atoms with Crippen molar-refractivity contribution in [3.8, 4) is 22.6 Å². The predicted octanol–water partition coefficient (Wildman–Crippen LogP) is 1.94. The molecule has 2 N–H and O–H groups in total. The quantitative estimate of drug-likeness (QED) is 0.855. The summed E-state index contributed by atoms with van der Waals surface area (Å²) in [6.07, 6.45) is 1.50. The van der Waals surface area contributed by atoms with Crippen LogP contribution in [-0.2, 0) is 0 Å². The van der Waals surface area contributed by atoms with Crippen LogP contribution < -0.4 is 15.2 Å². The third kappa shape index (κ3) is 1.67. The van der Waals surface area contributed by atoms with E-state index in [1.807, 2.05) is 12.1 Å². The van der Waals surface area contributed by atoms with Crippen molar-refractivity contribution in [2.24, 2.45) is 0 Å². The maximum atomic E-state index is 5.66. The fourth-order valence-electron chi connectivity index (χ4n) is 1.47. The van der Waals surface area contributed by atoms with E-state index in [9.17, 15) is 0 Å². The number of aromatic nitrogens is 1. The molecular formula is C11H12N2O3. The molecule has 2 rings (SSSR count). The van der Waals surface area contributed by atoms with Gasteiger partial charge in [-0.1, -0.05) is 11.2 Å². The van der Waals surface area contributed by atoms with Gasteiger partial charge in [0.25, 0.3) is 0 Å². The van der Waals surface area contributed by atoms with E-state index in [-0.39, 0.29) is 0 Å². The van der Waals surface area contributed by atoms with Crippen molar-refractivity contribution >= 4 is 5.82 Å². The van der Waals surface area contributed by atoms with Gasteiger partial charge < -0.3 is 19.7 Å². The Morgan fingerprint density at radius 3 is 2.50 bits per heavy atom. The molecule has 0 amide bonds. The molecule has 16 heavy (non-hydrogen) atoms. The number of rotatable bonds is 3.